The molecule has 25 heavy (non-hydrogen) atoms. The minimum atomic E-state index is -0.298. The van der Waals surface area contributed by atoms with Crippen LogP contribution in [0, 0.1) is 5.82 Å². The molecule has 6 heteroatoms. The van der Waals surface area contributed by atoms with Crippen molar-refractivity contribution in [3.8, 4) is 0 Å². The van der Waals surface area contributed by atoms with E-state index in [1.165, 1.54) is 25.3 Å². The number of nitrogens with one attached hydrogen (secondary N) is 1. The van der Waals surface area contributed by atoms with E-state index in [-0.39, 0.29) is 11.4 Å². The molecule has 3 heterocycles. The van der Waals surface area contributed by atoms with Crippen LogP contribution >= 0.6 is 0 Å². The number of H-pyrrole nitrogens is 1. The number of rotatable bonds is 3. The monoisotopic (exact) mass is 342 g/mol. The second-order valence-electron chi connectivity index (χ2n) is 7.10. The molecule has 2 aromatic rings. The maximum atomic E-state index is 13.8. The maximum Gasteiger partial charge on any atom is 0.255 e. The summed E-state index contributed by atoms with van der Waals surface area (Å²) in [7, 11) is 0. The van der Waals surface area contributed by atoms with Crippen LogP contribution in [0.1, 0.15) is 60.8 Å². The number of aromatic amines is 1. The van der Waals surface area contributed by atoms with Crippen molar-refractivity contribution in [2.45, 2.75) is 57.5 Å². The standard InChI is InChI=1S/C19H23FN4O/c20-15-7-4-9-21-17(15)12-24-10-8-16-14(11-24)19(25)23-18(22-16)13-5-2-1-3-6-13/h4,7,9,13H,1-3,5-6,8,10-12H2,(H,22,23,25). The van der Waals surface area contributed by atoms with Crippen LogP contribution in [-0.2, 0) is 19.5 Å². The van der Waals surface area contributed by atoms with Crippen LogP contribution in [0.2, 0.25) is 0 Å². The van der Waals surface area contributed by atoms with Crippen LogP contribution in [0.15, 0.2) is 23.1 Å². The van der Waals surface area contributed by atoms with Gasteiger partial charge in [0.05, 0.1) is 17.0 Å². The average molecular weight is 342 g/mol. The van der Waals surface area contributed by atoms with Crippen molar-refractivity contribution in [2.24, 2.45) is 0 Å². The third kappa shape index (κ3) is 3.49. The Morgan fingerprint density at radius 2 is 2.12 bits per heavy atom. The third-order valence-electron chi connectivity index (χ3n) is 5.37. The number of nitrogens with zero attached hydrogens (tertiary/aromatic N) is 3. The Bertz CT molecular complexity index is 813. The summed E-state index contributed by atoms with van der Waals surface area (Å²) in [6, 6.07) is 3.01. The second-order valence-corrected chi connectivity index (χ2v) is 7.10. The molecule has 0 spiro atoms. The van der Waals surface area contributed by atoms with Gasteiger partial charge in [0, 0.05) is 38.2 Å². The number of halogens is 1. The molecular formula is C19H23FN4O. The molecule has 1 saturated carbocycles. The van der Waals surface area contributed by atoms with Crippen LogP contribution in [0.3, 0.4) is 0 Å². The molecule has 1 N–H and O–H groups in total. The van der Waals surface area contributed by atoms with E-state index in [0.717, 1.165) is 42.9 Å². The lowest BCUT2D eigenvalue weighted by molar-refractivity contribution is 0.234. The lowest BCUT2D eigenvalue weighted by atomic mass is 9.88. The van der Waals surface area contributed by atoms with E-state index in [9.17, 15) is 9.18 Å². The molecule has 0 amide bonds. The number of hydrogen-bond donors (Lipinski definition) is 1. The van der Waals surface area contributed by atoms with Crippen LogP contribution in [0.25, 0.3) is 0 Å². The first-order valence-electron chi connectivity index (χ1n) is 9.14. The van der Waals surface area contributed by atoms with Gasteiger partial charge < -0.3 is 4.98 Å². The predicted octanol–water partition coefficient (Wildman–Crippen LogP) is 2.91. The highest BCUT2D eigenvalue weighted by Gasteiger charge is 2.25. The van der Waals surface area contributed by atoms with Crippen LogP contribution in [0.5, 0.6) is 0 Å². The minimum Gasteiger partial charge on any atom is -0.310 e. The summed E-state index contributed by atoms with van der Waals surface area (Å²) in [6.45, 7) is 1.68. The van der Waals surface area contributed by atoms with Gasteiger partial charge in [-0.15, -0.1) is 0 Å². The number of pyridine rings is 1. The molecule has 0 saturated heterocycles. The average Bonchev–Trinajstić information content (AvgIpc) is 2.65. The van der Waals surface area contributed by atoms with E-state index in [0.29, 0.717) is 24.7 Å². The molecule has 1 aliphatic heterocycles. The van der Waals surface area contributed by atoms with E-state index in [4.69, 9.17) is 4.98 Å². The smallest absolute Gasteiger partial charge is 0.255 e. The van der Waals surface area contributed by atoms with Crippen molar-refractivity contribution in [1.29, 1.82) is 0 Å². The zero-order chi connectivity index (χ0) is 17.2. The predicted molar refractivity (Wildman–Crippen MR) is 92.7 cm³/mol. The van der Waals surface area contributed by atoms with Crippen molar-refractivity contribution in [3.05, 3.63) is 57.3 Å². The molecule has 132 valence electrons. The fourth-order valence-corrected chi connectivity index (χ4v) is 3.95. The van der Waals surface area contributed by atoms with Gasteiger partial charge in [-0.05, 0) is 25.0 Å². The summed E-state index contributed by atoms with van der Waals surface area (Å²) >= 11 is 0. The molecule has 1 fully saturated rings. The van der Waals surface area contributed by atoms with Crippen molar-refractivity contribution in [2.75, 3.05) is 6.54 Å². The lowest BCUT2D eigenvalue weighted by Crippen LogP contribution is -2.36. The van der Waals surface area contributed by atoms with Gasteiger partial charge in [-0.3, -0.25) is 14.7 Å². The minimum absolute atomic E-state index is 0.0308. The molecule has 5 nitrogen and oxygen atoms in total. The number of hydrogen-bond acceptors (Lipinski definition) is 4. The molecule has 1 aliphatic carbocycles. The molecule has 0 aromatic carbocycles. The summed E-state index contributed by atoms with van der Waals surface area (Å²) < 4.78 is 13.8. The van der Waals surface area contributed by atoms with E-state index >= 15 is 0 Å². The van der Waals surface area contributed by atoms with Gasteiger partial charge >= 0.3 is 0 Å². The van der Waals surface area contributed by atoms with Gasteiger partial charge in [-0.2, -0.15) is 0 Å². The van der Waals surface area contributed by atoms with E-state index < -0.39 is 0 Å². The molecule has 0 radical (unpaired) electrons. The first-order valence-corrected chi connectivity index (χ1v) is 9.14. The van der Waals surface area contributed by atoms with Crippen LogP contribution in [0.4, 0.5) is 4.39 Å². The molecule has 2 aromatic heterocycles. The van der Waals surface area contributed by atoms with Gasteiger partial charge in [0.2, 0.25) is 0 Å². The molecule has 0 unspecified atom stereocenters. The first kappa shape index (κ1) is 16.4. The summed E-state index contributed by atoms with van der Waals surface area (Å²) in [4.78, 5) is 26.6. The van der Waals surface area contributed by atoms with Gasteiger partial charge in [-0.1, -0.05) is 19.3 Å². The van der Waals surface area contributed by atoms with Gasteiger partial charge in [-0.25, -0.2) is 9.37 Å². The summed E-state index contributed by atoms with van der Waals surface area (Å²) in [6.07, 6.45) is 8.28. The molecule has 0 atom stereocenters. The van der Waals surface area contributed by atoms with Gasteiger partial charge in [0.1, 0.15) is 11.6 Å². The fraction of sp³-hybridized carbons (Fsp3) is 0.526. The molecule has 2 aliphatic rings. The Morgan fingerprint density at radius 1 is 1.28 bits per heavy atom. The van der Waals surface area contributed by atoms with Crippen molar-refractivity contribution < 1.29 is 4.39 Å². The molecule has 4 rings (SSSR count). The zero-order valence-electron chi connectivity index (χ0n) is 14.3. The van der Waals surface area contributed by atoms with Gasteiger partial charge in [0.25, 0.3) is 5.56 Å². The largest absolute Gasteiger partial charge is 0.310 e. The Kier molecular flexibility index (Phi) is 4.61. The molecular weight excluding hydrogens is 319 g/mol. The Hall–Kier alpha value is -2.08. The van der Waals surface area contributed by atoms with Crippen molar-refractivity contribution >= 4 is 0 Å². The zero-order valence-corrected chi connectivity index (χ0v) is 14.3. The Morgan fingerprint density at radius 3 is 2.92 bits per heavy atom. The number of fused-ring (bicyclic) bond motifs is 1. The lowest BCUT2D eigenvalue weighted by Gasteiger charge is -2.28. The van der Waals surface area contributed by atoms with Crippen molar-refractivity contribution in [1.82, 2.24) is 19.9 Å². The Balaban J connectivity index is 1.53. The highest BCUT2D eigenvalue weighted by atomic mass is 19.1. The SMILES string of the molecule is O=c1[nH]c(C2CCCCC2)nc2c1CN(Cc1ncccc1F)CC2. The summed E-state index contributed by atoms with van der Waals surface area (Å²) in [5.74, 6) is 0.966. The van der Waals surface area contributed by atoms with Crippen LogP contribution < -0.4 is 5.56 Å². The Labute approximate surface area is 146 Å². The van der Waals surface area contributed by atoms with E-state index in [1.54, 1.807) is 12.3 Å². The second kappa shape index (κ2) is 7.04. The maximum absolute atomic E-state index is 13.8. The molecule has 0 bridgehead atoms. The van der Waals surface area contributed by atoms with E-state index in [1.807, 2.05) is 0 Å². The van der Waals surface area contributed by atoms with E-state index in [2.05, 4.69) is 14.9 Å². The normalized spacial score (nSPS) is 18.9. The summed E-state index contributed by atoms with van der Waals surface area (Å²) in [5.41, 5.74) is 2.04. The number of aromatic nitrogens is 3. The van der Waals surface area contributed by atoms with Gasteiger partial charge in [0.15, 0.2) is 0 Å². The highest BCUT2D eigenvalue weighted by molar-refractivity contribution is 5.22. The third-order valence-corrected chi connectivity index (χ3v) is 5.37. The van der Waals surface area contributed by atoms with Crippen LogP contribution in [-0.4, -0.2) is 26.4 Å². The fourth-order valence-electron chi connectivity index (χ4n) is 3.95. The topological polar surface area (TPSA) is 61.9 Å². The summed E-state index contributed by atoms with van der Waals surface area (Å²) in [5, 5.41) is 0. The first-order chi connectivity index (χ1) is 12.2. The highest BCUT2D eigenvalue weighted by Crippen LogP contribution is 2.30. The quantitative estimate of drug-likeness (QED) is 0.932. The van der Waals surface area contributed by atoms with Crippen molar-refractivity contribution in [3.63, 3.8) is 0 Å².